The number of nitrogens with zero attached hydrogens (tertiary/aromatic N) is 4. The molecule has 0 bridgehead atoms. The highest BCUT2D eigenvalue weighted by molar-refractivity contribution is 6.10. The van der Waals surface area contributed by atoms with Crippen LogP contribution in [0.5, 0.6) is 0 Å². The fourth-order valence-corrected chi connectivity index (χ4v) is 3.10. The standard InChI is InChI=1S/C20H24N8O2/c1-11-17-14(10-22-26-17)28(21)18(23-11)12-5-7-13(8-6-12)24-19(29)25-16-9-15(30-27-16)20(2,3)4/h5-11H,21H2,1-4H3,(H,22,26)(H2,24,25,27,29). The van der Waals surface area contributed by atoms with Crippen LogP contribution >= 0.6 is 0 Å². The van der Waals surface area contributed by atoms with Gasteiger partial charge < -0.3 is 9.84 Å². The maximum absolute atomic E-state index is 12.3. The van der Waals surface area contributed by atoms with E-state index in [1.54, 1.807) is 24.4 Å². The Hall–Kier alpha value is -3.66. The predicted octanol–water partition coefficient (Wildman–Crippen LogP) is 3.54. The summed E-state index contributed by atoms with van der Waals surface area (Å²) >= 11 is 0. The quantitative estimate of drug-likeness (QED) is 0.489. The summed E-state index contributed by atoms with van der Waals surface area (Å²) in [6, 6.07) is 8.48. The number of H-pyrrole nitrogens is 1. The van der Waals surface area contributed by atoms with Crippen molar-refractivity contribution in [3.8, 4) is 0 Å². The van der Waals surface area contributed by atoms with Gasteiger partial charge in [0.2, 0.25) is 0 Å². The van der Waals surface area contributed by atoms with Gasteiger partial charge in [0.15, 0.2) is 11.7 Å². The number of rotatable bonds is 3. The van der Waals surface area contributed by atoms with E-state index in [2.05, 4.69) is 31.0 Å². The topological polar surface area (TPSA) is 137 Å². The number of aromatic amines is 1. The Kier molecular flexibility index (Phi) is 4.78. The van der Waals surface area contributed by atoms with E-state index in [0.29, 0.717) is 23.1 Å². The first-order chi connectivity index (χ1) is 14.2. The molecular weight excluding hydrogens is 384 g/mol. The molecule has 0 spiro atoms. The normalized spacial score (nSPS) is 16.1. The summed E-state index contributed by atoms with van der Waals surface area (Å²) in [6.45, 7) is 7.99. The number of carbonyl (C=O) groups excluding carboxylic acids is 1. The van der Waals surface area contributed by atoms with Gasteiger partial charge in [-0.2, -0.15) is 5.10 Å². The SMILES string of the molecule is CC1N=C(c2ccc(NC(=O)Nc3cc(C(C)(C)C)on3)cc2)N(N)c2cn[nH]c21. The third-order valence-corrected chi connectivity index (χ3v) is 4.76. The lowest BCUT2D eigenvalue weighted by Crippen LogP contribution is -2.41. The number of hydrogen-bond acceptors (Lipinski definition) is 7. The number of urea groups is 1. The molecule has 0 saturated heterocycles. The highest BCUT2D eigenvalue weighted by Crippen LogP contribution is 2.31. The van der Waals surface area contributed by atoms with Crippen molar-refractivity contribution >= 4 is 29.1 Å². The van der Waals surface area contributed by atoms with Crippen molar-refractivity contribution in [3.63, 3.8) is 0 Å². The Balaban J connectivity index is 1.43. The Bertz CT molecular complexity index is 1090. The average Bonchev–Trinajstić information content (AvgIpc) is 3.35. The van der Waals surface area contributed by atoms with Crippen molar-refractivity contribution in [2.24, 2.45) is 10.8 Å². The summed E-state index contributed by atoms with van der Waals surface area (Å²) in [4.78, 5) is 16.9. The van der Waals surface area contributed by atoms with E-state index in [0.717, 1.165) is 16.9 Å². The van der Waals surface area contributed by atoms with Crippen molar-refractivity contribution in [1.29, 1.82) is 0 Å². The number of amides is 2. The molecule has 1 aliphatic heterocycles. The summed E-state index contributed by atoms with van der Waals surface area (Å²) in [5, 5.41) is 17.8. The molecule has 3 aromatic rings. The van der Waals surface area contributed by atoms with Crippen LogP contribution in [0.15, 0.2) is 46.0 Å². The van der Waals surface area contributed by atoms with Crippen LogP contribution in [0.25, 0.3) is 0 Å². The molecule has 1 aromatic carbocycles. The van der Waals surface area contributed by atoms with Crippen LogP contribution < -0.4 is 21.5 Å². The third kappa shape index (κ3) is 3.77. The second-order valence-electron chi connectivity index (χ2n) is 8.15. The number of hydrazine groups is 1. The molecule has 0 fully saturated rings. The lowest BCUT2D eigenvalue weighted by Gasteiger charge is -2.27. The van der Waals surface area contributed by atoms with Crippen molar-refractivity contribution < 1.29 is 9.32 Å². The van der Waals surface area contributed by atoms with Crippen molar-refractivity contribution in [3.05, 3.63) is 53.5 Å². The number of nitrogens with two attached hydrogens (primary N) is 1. The van der Waals surface area contributed by atoms with Gasteiger partial charge in [0, 0.05) is 22.7 Å². The van der Waals surface area contributed by atoms with Gasteiger partial charge >= 0.3 is 6.03 Å². The van der Waals surface area contributed by atoms with E-state index in [-0.39, 0.29) is 11.5 Å². The number of fused-ring (bicyclic) bond motifs is 1. The summed E-state index contributed by atoms with van der Waals surface area (Å²) in [7, 11) is 0. The molecular formula is C20H24N8O2. The molecule has 2 amide bonds. The predicted molar refractivity (Wildman–Crippen MR) is 114 cm³/mol. The van der Waals surface area contributed by atoms with E-state index >= 15 is 0 Å². The molecule has 4 rings (SSSR count). The van der Waals surface area contributed by atoms with Crippen LogP contribution in [0.2, 0.25) is 0 Å². The Morgan fingerprint density at radius 2 is 1.97 bits per heavy atom. The maximum atomic E-state index is 12.3. The summed E-state index contributed by atoms with van der Waals surface area (Å²) < 4.78 is 5.27. The molecule has 10 heteroatoms. The van der Waals surface area contributed by atoms with Crippen molar-refractivity contribution in [2.45, 2.75) is 39.2 Å². The fraction of sp³-hybridized carbons (Fsp3) is 0.300. The number of benzene rings is 1. The van der Waals surface area contributed by atoms with Gasteiger partial charge in [-0.05, 0) is 31.2 Å². The zero-order valence-electron chi connectivity index (χ0n) is 17.2. The highest BCUT2D eigenvalue weighted by Gasteiger charge is 2.26. The molecule has 0 aliphatic carbocycles. The monoisotopic (exact) mass is 408 g/mol. The van der Waals surface area contributed by atoms with E-state index in [4.69, 9.17) is 10.4 Å². The first-order valence-electron chi connectivity index (χ1n) is 9.54. The summed E-state index contributed by atoms with van der Waals surface area (Å²) in [5.41, 5.74) is 2.92. The van der Waals surface area contributed by atoms with Gasteiger partial charge in [0.05, 0.1) is 17.9 Å². The number of anilines is 3. The molecule has 1 aliphatic rings. The molecule has 3 heterocycles. The maximum Gasteiger partial charge on any atom is 0.324 e. The van der Waals surface area contributed by atoms with Gasteiger partial charge in [-0.25, -0.2) is 10.6 Å². The lowest BCUT2D eigenvalue weighted by atomic mass is 9.93. The number of carbonyl (C=O) groups is 1. The second kappa shape index (κ2) is 7.30. The van der Waals surface area contributed by atoms with Crippen molar-refractivity contribution in [2.75, 3.05) is 15.6 Å². The zero-order valence-corrected chi connectivity index (χ0v) is 17.2. The number of aromatic nitrogens is 3. The number of nitrogens with one attached hydrogen (secondary N) is 3. The number of amidine groups is 1. The van der Waals surface area contributed by atoms with Crippen LogP contribution in [0, 0.1) is 0 Å². The van der Waals surface area contributed by atoms with Gasteiger partial charge in [-0.3, -0.25) is 20.4 Å². The minimum atomic E-state index is -0.413. The van der Waals surface area contributed by atoms with Gasteiger partial charge in [-0.15, -0.1) is 0 Å². The van der Waals surface area contributed by atoms with E-state index in [9.17, 15) is 4.79 Å². The molecule has 2 aromatic heterocycles. The minimum Gasteiger partial charge on any atom is -0.359 e. The third-order valence-electron chi connectivity index (χ3n) is 4.76. The second-order valence-corrected chi connectivity index (χ2v) is 8.15. The Labute approximate surface area is 173 Å². The van der Waals surface area contributed by atoms with Crippen LogP contribution in [0.1, 0.15) is 50.8 Å². The Morgan fingerprint density at radius 3 is 2.63 bits per heavy atom. The fourth-order valence-electron chi connectivity index (χ4n) is 3.10. The van der Waals surface area contributed by atoms with Crippen LogP contribution in [-0.4, -0.2) is 27.2 Å². The minimum absolute atomic E-state index is 0.0821. The van der Waals surface area contributed by atoms with Crippen molar-refractivity contribution in [1.82, 2.24) is 15.4 Å². The largest absolute Gasteiger partial charge is 0.359 e. The highest BCUT2D eigenvalue weighted by atomic mass is 16.5. The van der Waals surface area contributed by atoms with Crippen LogP contribution in [0.3, 0.4) is 0 Å². The van der Waals surface area contributed by atoms with E-state index < -0.39 is 6.03 Å². The molecule has 0 radical (unpaired) electrons. The first kappa shape index (κ1) is 19.6. The number of aliphatic imine (C=N–C) groups is 1. The smallest absolute Gasteiger partial charge is 0.324 e. The van der Waals surface area contributed by atoms with Crippen LogP contribution in [0.4, 0.5) is 22.0 Å². The van der Waals surface area contributed by atoms with Gasteiger partial charge in [0.1, 0.15) is 11.4 Å². The first-order valence-corrected chi connectivity index (χ1v) is 9.54. The molecule has 1 atom stereocenters. The Morgan fingerprint density at radius 1 is 1.23 bits per heavy atom. The van der Waals surface area contributed by atoms with Gasteiger partial charge in [0.25, 0.3) is 0 Å². The molecule has 1 unspecified atom stereocenters. The molecule has 5 N–H and O–H groups in total. The molecule has 10 nitrogen and oxygen atoms in total. The van der Waals surface area contributed by atoms with Crippen LogP contribution in [-0.2, 0) is 5.41 Å². The number of hydrogen-bond donors (Lipinski definition) is 4. The summed E-state index contributed by atoms with van der Waals surface area (Å²) in [5.74, 6) is 7.89. The lowest BCUT2D eigenvalue weighted by molar-refractivity contribution is 0.262. The molecule has 156 valence electrons. The van der Waals surface area contributed by atoms with Gasteiger partial charge in [-0.1, -0.05) is 25.9 Å². The zero-order chi connectivity index (χ0) is 21.5. The summed E-state index contributed by atoms with van der Waals surface area (Å²) in [6.07, 6.45) is 1.68. The van der Waals surface area contributed by atoms with E-state index in [1.165, 1.54) is 5.01 Å². The average molecular weight is 408 g/mol. The molecule has 0 saturated carbocycles. The molecule has 30 heavy (non-hydrogen) atoms. The van der Waals surface area contributed by atoms with E-state index in [1.807, 2.05) is 39.8 Å².